The van der Waals surface area contributed by atoms with Gasteiger partial charge in [-0.05, 0) is 12.1 Å². The van der Waals surface area contributed by atoms with Gasteiger partial charge in [-0.2, -0.15) is 0 Å². The van der Waals surface area contributed by atoms with Gasteiger partial charge in [0, 0.05) is 0 Å². The molecule has 18 nitrogen and oxygen atoms in total. The zero-order valence-corrected chi connectivity index (χ0v) is 23.5. The maximum Gasteiger partial charge on any atom is 0.227 e. The van der Waals surface area contributed by atoms with Crippen molar-refractivity contribution < 1.29 is 73.0 Å². The molecule has 246 valence electrons. The zero-order valence-electron chi connectivity index (χ0n) is 22.7. The van der Waals surface area contributed by atoms with Crippen LogP contribution in [0, 0.1) is 0 Å². The lowest BCUT2D eigenvalue weighted by molar-refractivity contribution is -0.351. The van der Waals surface area contributed by atoms with Crippen LogP contribution in [0.4, 0.5) is 0 Å². The summed E-state index contributed by atoms with van der Waals surface area (Å²) >= 11 is 0. The number of aliphatic hydroxyl groups excluding tert-OH is 8. The summed E-state index contributed by atoms with van der Waals surface area (Å²) in [5, 5.41) is 82.8. The fourth-order valence-corrected chi connectivity index (χ4v) is 7.05. The Bertz CT molecular complexity index is 1170. The van der Waals surface area contributed by atoms with Crippen LogP contribution in [0.5, 0.6) is 0 Å². The molecule has 14 N–H and O–H groups in total. The molecule has 3 fully saturated rings. The number of hydrogen-bond donors (Lipinski definition) is 11. The van der Waals surface area contributed by atoms with Gasteiger partial charge in [0.25, 0.3) is 0 Å². The van der Waals surface area contributed by atoms with Crippen molar-refractivity contribution in [1.29, 1.82) is 0 Å². The molecule has 0 aliphatic carbocycles. The van der Waals surface area contributed by atoms with Crippen molar-refractivity contribution in [2.75, 3.05) is 19.8 Å². The predicted octanol–water partition coefficient (Wildman–Crippen LogP) is -6.87. The largest absolute Gasteiger partial charge is 0.394 e. The van der Waals surface area contributed by atoms with Crippen LogP contribution in [0.25, 0.3) is 0 Å². The zero-order chi connectivity index (χ0) is 31.9. The fourth-order valence-electron chi connectivity index (χ4n) is 5.29. The molecule has 3 heterocycles. The number of ether oxygens (including phenoxy) is 5. The number of sulfone groups is 1. The van der Waals surface area contributed by atoms with E-state index in [-0.39, 0.29) is 4.90 Å². The molecule has 0 radical (unpaired) electrons. The van der Waals surface area contributed by atoms with Gasteiger partial charge in [-0.15, -0.1) is 0 Å². The van der Waals surface area contributed by atoms with Crippen LogP contribution in [-0.4, -0.2) is 160 Å². The van der Waals surface area contributed by atoms with Gasteiger partial charge < -0.3 is 81.7 Å². The average molecular weight is 642 g/mol. The summed E-state index contributed by atoms with van der Waals surface area (Å²) in [6.45, 7) is -2.90. The Balaban J connectivity index is 1.57. The minimum absolute atomic E-state index is 0.358. The molecule has 1 aromatic carbocycles. The van der Waals surface area contributed by atoms with E-state index < -0.39 is 120 Å². The summed E-state index contributed by atoms with van der Waals surface area (Å²) in [6, 6.07) is 2.21. The van der Waals surface area contributed by atoms with Crippen LogP contribution in [0.2, 0.25) is 0 Å². The third-order valence-electron chi connectivity index (χ3n) is 7.93. The molecule has 15 atom stereocenters. The third kappa shape index (κ3) is 6.07. The summed E-state index contributed by atoms with van der Waals surface area (Å²) in [6.07, 6.45) is -18.5. The lowest BCUT2D eigenvalue weighted by atomic mass is 9.94. The summed E-state index contributed by atoms with van der Waals surface area (Å²) in [7, 11) is -4.73. The molecule has 43 heavy (non-hydrogen) atoms. The van der Waals surface area contributed by atoms with Crippen molar-refractivity contribution in [3.63, 3.8) is 0 Å². The second-order valence-electron chi connectivity index (χ2n) is 10.6. The van der Waals surface area contributed by atoms with Crippen molar-refractivity contribution in [2.24, 2.45) is 17.2 Å². The second-order valence-corrected chi connectivity index (χ2v) is 12.8. The van der Waals surface area contributed by atoms with Crippen molar-refractivity contribution >= 4 is 9.84 Å². The molecule has 4 rings (SSSR count). The van der Waals surface area contributed by atoms with E-state index >= 15 is 0 Å². The number of hydrogen-bond acceptors (Lipinski definition) is 18. The Kier molecular flexibility index (Phi) is 10.8. The molecule has 3 aliphatic rings. The van der Waals surface area contributed by atoms with Crippen LogP contribution < -0.4 is 17.2 Å². The summed E-state index contributed by atoms with van der Waals surface area (Å²) < 4.78 is 54.9. The molecule has 0 saturated carbocycles. The number of aliphatic hydroxyl groups is 8. The van der Waals surface area contributed by atoms with Gasteiger partial charge in [-0.1, -0.05) is 18.2 Å². The van der Waals surface area contributed by atoms with E-state index in [1.165, 1.54) is 30.3 Å². The van der Waals surface area contributed by atoms with Gasteiger partial charge in [0.2, 0.25) is 14.8 Å². The van der Waals surface area contributed by atoms with Gasteiger partial charge in [0.1, 0.15) is 48.8 Å². The molecule has 19 heteroatoms. The average Bonchev–Trinajstić information content (AvgIpc) is 3.00. The maximum atomic E-state index is 13.6. The standard InChI is InChI=1S/C24H39N3O15S/c25-12-15(31)18(10(6-28)38-21(12)35)40-22-13(26)16(32)19(11(7-29)39-22)41-23-14(27)17(33)20(34)24(8-30,42-23)43(36,37)9-4-2-1-3-5-9/h1-5,10-23,28-35H,6-8,25-27H2/t10-,11-,12-,13-,14-,15-,16-,17-,18?,19?,20+,21-,22+,23+,24-/m1/s1. The molecule has 0 spiro atoms. The summed E-state index contributed by atoms with van der Waals surface area (Å²) in [5.41, 5.74) is 17.8. The first-order valence-electron chi connectivity index (χ1n) is 13.3. The molecule has 2 unspecified atom stereocenters. The quantitative estimate of drug-likeness (QED) is 0.119. The van der Waals surface area contributed by atoms with Crippen LogP contribution in [-0.2, 0) is 33.5 Å². The SMILES string of the molecule is N[C@H]1[C@@H](OC2[C@@H](CO)O[C@@H](OC3[C@@H](CO)O[C@@H](O)[C@H](N)[C@H]3O)[C@H](N)[C@H]2O)O[C@](CO)(S(=O)(=O)c2ccccc2)[C@@H](O)[C@@H]1O. The van der Waals surface area contributed by atoms with E-state index in [2.05, 4.69) is 0 Å². The van der Waals surface area contributed by atoms with E-state index in [1.807, 2.05) is 0 Å². The van der Waals surface area contributed by atoms with Crippen molar-refractivity contribution in [3.05, 3.63) is 30.3 Å². The molecule has 1 aromatic rings. The monoisotopic (exact) mass is 641 g/mol. The highest BCUT2D eigenvalue weighted by atomic mass is 32.2. The normalized spacial score (nSPS) is 46.0. The van der Waals surface area contributed by atoms with Crippen LogP contribution in [0.3, 0.4) is 0 Å². The Labute approximate surface area is 246 Å². The summed E-state index contributed by atoms with van der Waals surface area (Å²) in [5.74, 6) is 0. The number of rotatable bonds is 9. The van der Waals surface area contributed by atoms with Gasteiger partial charge >= 0.3 is 0 Å². The highest BCUT2D eigenvalue weighted by Crippen LogP contribution is 2.39. The Morgan fingerprint density at radius 2 is 1.26 bits per heavy atom. The first-order chi connectivity index (χ1) is 20.2. The molecule has 0 bridgehead atoms. The Morgan fingerprint density at radius 1 is 0.744 bits per heavy atom. The molecular formula is C24H39N3O15S. The first kappa shape index (κ1) is 34.4. The Hall–Kier alpha value is -1.47. The van der Waals surface area contributed by atoms with Crippen LogP contribution in [0.15, 0.2) is 35.2 Å². The molecule has 0 aromatic heterocycles. The minimum Gasteiger partial charge on any atom is -0.394 e. The van der Waals surface area contributed by atoms with E-state index in [4.69, 9.17) is 40.9 Å². The highest BCUT2D eigenvalue weighted by Gasteiger charge is 2.62. The smallest absolute Gasteiger partial charge is 0.227 e. The van der Waals surface area contributed by atoms with E-state index in [9.17, 15) is 49.3 Å². The Morgan fingerprint density at radius 3 is 1.81 bits per heavy atom. The van der Waals surface area contributed by atoms with Gasteiger partial charge in [-0.3, -0.25) is 0 Å². The third-order valence-corrected chi connectivity index (χ3v) is 10.2. The molecule has 3 aliphatic heterocycles. The predicted molar refractivity (Wildman–Crippen MR) is 140 cm³/mol. The van der Waals surface area contributed by atoms with E-state index in [0.29, 0.717) is 0 Å². The van der Waals surface area contributed by atoms with Crippen LogP contribution >= 0.6 is 0 Å². The van der Waals surface area contributed by atoms with Crippen LogP contribution in [0.1, 0.15) is 0 Å². The lowest BCUT2D eigenvalue weighted by Crippen LogP contribution is -2.73. The van der Waals surface area contributed by atoms with E-state index in [1.54, 1.807) is 0 Å². The highest BCUT2D eigenvalue weighted by molar-refractivity contribution is 7.92. The first-order valence-corrected chi connectivity index (χ1v) is 14.8. The number of nitrogens with two attached hydrogens (primary N) is 3. The molecule has 0 amide bonds. The number of benzene rings is 1. The van der Waals surface area contributed by atoms with E-state index in [0.717, 1.165) is 0 Å². The second kappa shape index (κ2) is 13.5. The lowest BCUT2D eigenvalue weighted by Gasteiger charge is -2.50. The minimum atomic E-state index is -4.73. The topological polar surface area (TPSA) is 320 Å². The van der Waals surface area contributed by atoms with Crippen molar-refractivity contribution in [3.8, 4) is 0 Å². The van der Waals surface area contributed by atoms with Crippen molar-refractivity contribution in [1.82, 2.24) is 0 Å². The maximum absolute atomic E-state index is 13.6. The summed E-state index contributed by atoms with van der Waals surface area (Å²) in [4.78, 5) is -3.22. The van der Waals surface area contributed by atoms with Gasteiger partial charge in [0.15, 0.2) is 18.9 Å². The van der Waals surface area contributed by atoms with Gasteiger partial charge in [0.05, 0.1) is 42.8 Å². The van der Waals surface area contributed by atoms with Crippen molar-refractivity contribution in [2.45, 2.75) is 95.7 Å². The molecular weight excluding hydrogens is 602 g/mol. The fraction of sp³-hybridized carbons (Fsp3) is 0.750. The molecule has 3 saturated heterocycles. The van der Waals surface area contributed by atoms with Gasteiger partial charge in [-0.25, -0.2) is 8.42 Å².